The smallest absolute Gasteiger partial charge is 0.343 e. The van der Waals surface area contributed by atoms with Gasteiger partial charge >= 0.3 is 5.97 Å². The average Bonchev–Trinajstić information content (AvgIpc) is 2.97. The van der Waals surface area contributed by atoms with Gasteiger partial charge in [-0.3, -0.25) is 4.79 Å². The van der Waals surface area contributed by atoms with Gasteiger partial charge in [-0.15, -0.1) is 0 Å². The van der Waals surface area contributed by atoms with Crippen molar-refractivity contribution in [2.75, 3.05) is 13.2 Å². The highest BCUT2D eigenvalue weighted by Gasteiger charge is 2.09. The number of ether oxygens (including phenoxy) is 4. The minimum Gasteiger partial charge on any atom is -0.494 e. The third kappa shape index (κ3) is 8.75. The Bertz CT molecular complexity index is 1370. The van der Waals surface area contributed by atoms with Gasteiger partial charge in [0, 0.05) is 0 Å². The van der Waals surface area contributed by atoms with E-state index in [4.69, 9.17) is 18.9 Å². The van der Waals surface area contributed by atoms with Gasteiger partial charge in [0.05, 0.1) is 18.4 Å². The Balaban J connectivity index is 1.17. The fourth-order valence-electron chi connectivity index (χ4n) is 3.37. The first-order chi connectivity index (χ1) is 19.1. The molecule has 0 aliphatic rings. The van der Waals surface area contributed by atoms with E-state index < -0.39 is 11.9 Å². The molecule has 4 aromatic rings. The van der Waals surface area contributed by atoms with Crippen LogP contribution >= 0.6 is 0 Å². The van der Waals surface area contributed by atoms with E-state index in [1.165, 1.54) is 6.21 Å². The van der Waals surface area contributed by atoms with E-state index in [2.05, 4.69) is 10.5 Å². The summed E-state index contributed by atoms with van der Waals surface area (Å²) in [6.45, 7) is 2.73. The van der Waals surface area contributed by atoms with Gasteiger partial charge in [-0.25, -0.2) is 10.2 Å². The molecular formula is C31H28N2O6. The molecule has 39 heavy (non-hydrogen) atoms. The summed E-state index contributed by atoms with van der Waals surface area (Å²) in [6, 6.07) is 30.4. The van der Waals surface area contributed by atoms with E-state index in [9.17, 15) is 9.59 Å². The molecule has 0 fully saturated rings. The molecule has 8 nitrogen and oxygen atoms in total. The average molecular weight is 525 g/mol. The highest BCUT2D eigenvalue weighted by molar-refractivity contribution is 5.91. The predicted octanol–water partition coefficient (Wildman–Crippen LogP) is 5.41. The van der Waals surface area contributed by atoms with Crippen molar-refractivity contribution in [3.63, 3.8) is 0 Å². The second kappa shape index (κ2) is 14.0. The Kier molecular flexibility index (Phi) is 9.67. The van der Waals surface area contributed by atoms with Gasteiger partial charge in [-0.05, 0) is 90.8 Å². The SMILES string of the molecule is CCOc1ccc(C(=O)Oc2ccc(C=NNC(=O)COc3ccc(OCc4ccccc4)cc3)cc2)cc1. The van der Waals surface area contributed by atoms with Gasteiger partial charge in [0.1, 0.15) is 29.6 Å². The molecule has 0 heterocycles. The first-order valence-electron chi connectivity index (χ1n) is 12.4. The van der Waals surface area contributed by atoms with Crippen molar-refractivity contribution in [3.8, 4) is 23.0 Å². The van der Waals surface area contributed by atoms with Crippen LogP contribution in [0.2, 0.25) is 0 Å². The van der Waals surface area contributed by atoms with Crippen molar-refractivity contribution in [1.29, 1.82) is 0 Å². The van der Waals surface area contributed by atoms with Gasteiger partial charge in [0.25, 0.3) is 5.91 Å². The number of benzene rings is 4. The van der Waals surface area contributed by atoms with Gasteiger partial charge < -0.3 is 18.9 Å². The third-order valence-electron chi connectivity index (χ3n) is 5.34. The molecule has 1 amide bonds. The number of hydrogen-bond donors (Lipinski definition) is 1. The van der Waals surface area contributed by atoms with Crippen LogP contribution in [-0.2, 0) is 11.4 Å². The van der Waals surface area contributed by atoms with Crippen LogP contribution in [-0.4, -0.2) is 31.3 Å². The Morgan fingerprint density at radius 1 is 0.718 bits per heavy atom. The Labute approximate surface area is 226 Å². The van der Waals surface area contributed by atoms with Crippen LogP contribution in [0.3, 0.4) is 0 Å². The molecule has 4 rings (SSSR count). The lowest BCUT2D eigenvalue weighted by atomic mass is 10.2. The second-order valence-electron chi connectivity index (χ2n) is 8.24. The van der Waals surface area contributed by atoms with Crippen molar-refractivity contribution in [2.45, 2.75) is 13.5 Å². The fourth-order valence-corrected chi connectivity index (χ4v) is 3.37. The van der Waals surface area contributed by atoms with Crippen LogP contribution in [0.5, 0.6) is 23.0 Å². The zero-order valence-electron chi connectivity index (χ0n) is 21.4. The molecule has 198 valence electrons. The van der Waals surface area contributed by atoms with Crippen LogP contribution in [0.15, 0.2) is 108 Å². The molecular weight excluding hydrogens is 496 g/mol. The zero-order valence-corrected chi connectivity index (χ0v) is 21.4. The summed E-state index contributed by atoms with van der Waals surface area (Å²) in [6.07, 6.45) is 1.48. The number of esters is 1. The van der Waals surface area contributed by atoms with E-state index in [1.54, 1.807) is 72.8 Å². The summed E-state index contributed by atoms with van der Waals surface area (Å²) >= 11 is 0. The van der Waals surface area contributed by atoms with Gasteiger partial charge in [0.15, 0.2) is 6.61 Å². The van der Waals surface area contributed by atoms with Crippen molar-refractivity contribution in [1.82, 2.24) is 5.43 Å². The maximum Gasteiger partial charge on any atom is 0.343 e. The highest BCUT2D eigenvalue weighted by Crippen LogP contribution is 2.19. The Morgan fingerprint density at radius 2 is 1.31 bits per heavy atom. The Morgan fingerprint density at radius 3 is 1.97 bits per heavy atom. The van der Waals surface area contributed by atoms with E-state index in [1.807, 2.05) is 37.3 Å². The molecule has 0 saturated heterocycles. The second-order valence-corrected chi connectivity index (χ2v) is 8.24. The summed E-state index contributed by atoms with van der Waals surface area (Å²) in [5.74, 6) is 1.45. The first-order valence-corrected chi connectivity index (χ1v) is 12.4. The maximum atomic E-state index is 12.3. The minimum atomic E-state index is -0.471. The number of nitrogens with one attached hydrogen (secondary N) is 1. The monoisotopic (exact) mass is 524 g/mol. The number of amides is 1. The number of carbonyl (C=O) groups is 2. The molecule has 0 aromatic heterocycles. The largest absolute Gasteiger partial charge is 0.494 e. The normalized spacial score (nSPS) is 10.6. The zero-order chi connectivity index (χ0) is 27.3. The molecule has 0 aliphatic carbocycles. The van der Waals surface area contributed by atoms with Gasteiger partial charge in [0.2, 0.25) is 0 Å². The summed E-state index contributed by atoms with van der Waals surface area (Å²) in [7, 11) is 0. The van der Waals surface area contributed by atoms with Crippen molar-refractivity contribution < 1.29 is 28.5 Å². The van der Waals surface area contributed by atoms with Crippen LogP contribution in [0.1, 0.15) is 28.4 Å². The summed E-state index contributed by atoms with van der Waals surface area (Å²) in [5.41, 5.74) is 4.63. The molecule has 0 radical (unpaired) electrons. The lowest BCUT2D eigenvalue weighted by Crippen LogP contribution is -2.24. The molecule has 0 unspecified atom stereocenters. The Hall–Kier alpha value is -5.11. The lowest BCUT2D eigenvalue weighted by Gasteiger charge is -2.08. The number of hydrazone groups is 1. The molecule has 8 heteroatoms. The molecule has 0 aliphatic heterocycles. The standard InChI is InChI=1S/C31H28N2O6/c1-2-36-26-14-10-25(11-15-26)31(35)39-29-12-8-23(9-13-29)20-32-33-30(34)22-38-28-18-16-27(17-19-28)37-21-24-6-4-3-5-7-24/h3-20H,2,21-22H2,1H3,(H,33,34). The quantitative estimate of drug-likeness (QED) is 0.115. The van der Waals surface area contributed by atoms with Crippen LogP contribution < -0.4 is 24.4 Å². The molecule has 0 atom stereocenters. The minimum absolute atomic E-state index is 0.192. The molecule has 1 N–H and O–H groups in total. The summed E-state index contributed by atoms with van der Waals surface area (Å²) in [4.78, 5) is 24.4. The van der Waals surface area contributed by atoms with Crippen LogP contribution in [0.25, 0.3) is 0 Å². The van der Waals surface area contributed by atoms with E-state index in [0.717, 1.165) is 5.56 Å². The molecule has 0 bridgehead atoms. The summed E-state index contributed by atoms with van der Waals surface area (Å²) in [5, 5.41) is 3.94. The van der Waals surface area contributed by atoms with Crippen LogP contribution in [0, 0.1) is 0 Å². The highest BCUT2D eigenvalue weighted by atomic mass is 16.5. The van der Waals surface area contributed by atoms with E-state index in [-0.39, 0.29) is 6.61 Å². The van der Waals surface area contributed by atoms with E-state index >= 15 is 0 Å². The van der Waals surface area contributed by atoms with Crippen molar-refractivity contribution in [3.05, 3.63) is 120 Å². The molecule has 0 spiro atoms. The number of nitrogens with zero attached hydrogens (tertiary/aromatic N) is 1. The maximum absolute atomic E-state index is 12.3. The van der Waals surface area contributed by atoms with E-state index in [0.29, 0.717) is 47.3 Å². The number of carbonyl (C=O) groups excluding carboxylic acids is 2. The lowest BCUT2D eigenvalue weighted by molar-refractivity contribution is -0.123. The number of rotatable bonds is 12. The number of hydrogen-bond acceptors (Lipinski definition) is 7. The van der Waals surface area contributed by atoms with Crippen molar-refractivity contribution >= 4 is 18.1 Å². The van der Waals surface area contributed by atoms with Gasteiger partial charge in [-0.2, -0.15) is 5.10 Å². The molecule has 0 saturated carbocycles. The summed E-state index contributed by atoms with van der Waals surface area (Å²) < 4.78 is 22.0. The van der Waals surface area contributed by atoms with Gasteiger partial charge in [-0.1, -0.05) is 30.3 Å². The third-order valence-corrected chi connectivity index (χ3v) is 5.34. The van der Waals surface area contributed by atoms with Crippen LogP contribution in [0.4, 0.5) is 0 Å². The predicted molar refractivity (Wildman–Crippen MR) is 147 cm³/mol. The van der Waals surface area contributed by atoms with Crippen molar-refractivity contribution in [2.24, 2.45) is 5.10 Å². The topological polar surface area (TPSA) is 95.5 Å². The fraction of sp³-hybridized carbons (Fsp3) is 0.129. The first kappa shape index (κ1) is 26.9. The molecule has 4 aromatic carbocycles.